The van der Waals surface area contributed by atoms with Crippen molar-refractivity contribution in [3.63, 3.8) is 0 Å². The number of carbonyl (C=O) groups excluding carboxylic acids is 2. The summed E-state index contributed by atoms with van der Waals surface area (Å²) >= 11 is 0. The largest absolute Gasteiger partial charge is 0.325 e. The number of unbranched alkanes of at least 4 members (excludes halogenated alkanes) is 10. The first-order valence-corrected chi connectivity index (χ1v) is 14.3. The molecule has 0 bridgehead atoms. The van der Waals surface area contributed by atoms with Crippen molar-refractivity contribution >= 4 is 34.2 Å². The van der Waals surface area contributed by atoms with E-state index in [2.05, 4.69) is 32.9 Å². The van der Waals surface area contributed by atoms with Gasteiger partial charge in [-0.2, -0.15) is 0 Å². The number of aryl methyl sites for hydroxylation is 2. The van der Waals surface area contributed by atoms with E-state index in [4.69, 9.17) is 0 Å². The molecule has 8 heteroatoms. The number of aldehydes is 2. The van der Waals surface area contributed by atoms with Gasteiger partial charge in [-0.05, 0) is 34.4 Å². The van der Waals surface area contributed by atoms with Gasteiger partial charge in [0.2, 0.25) is 0 Å². The molecular weight excluding hydrogens is 440 g/mol. The molecule has 0 N–H and O–H groups in total. The van der Waals surface area contributed by atoms with Gasteiger partial charge in [0.05, 0.1) is 0 Å². The molecular formula is C24H38N4O2S2. The van der Waals surface area contributed by atoms with Crippen LogP contribution in [0.3, 0.4) is 0 Å². The molecule has 0 unspecified atom stereocenters. The predicted octanol–water partition coefficient (Wildman–Crippen LogP) is 7.23. The second kappa shape index (κ2) is 16.1. The Morgan fingerprint density at radius 3 is 1.41 bits per heavy atom. The molecule has 0 fully saturated rings. The van der Waals surface area contributed by atoms with Crippen molar-refractivity contribution in [3.8, 4) is 0 Å². The summed E-state index contributed by atoms with van der Waals surface area (Å²) in [6.07, 6.45) is 20.0. The minimum absolute atomic E-state index is 0.461. The lowest BCUT2D eigenvalue weighted by atomic mass is 10.1. The Morgan fingerprint density at radius 2 is 1.03 bits per heavy atom. The van der Waals surface area contributed by atoms with Crippen LogP contribution >= 0.6 is 21.6 Å². The van der Waals surface area contributed by atoms with E-state index in [1.165, 1.54) is 85.8 Å². The number of imidazole rings is 2. The SMILES string of the molecule is CCCCCCCCn1cc(C=O)nc1SSc1nc(C=O)cn1CCCCCCCC. The topological polar surface area (TPSA) is 69.8 Å². The normalized spacial score (nSPS) is 11.2. The van der Waals surface area contributed by atoms with Crippen molar-refractivity contribution in [1.29, 1.82) is 0 Å². The van der Waals surface area contributed by atoms with Crippen molar-refractivity contribution in [3.05, 3.63) is 23.8 Å². The lowest BCUT2D eigenvalue weighted by molar-refractivity contribution is 0.111. The summed E-state index contributed by atoms with van der Waals surface area (Å²) in [4.78, 5) is 31.4. The molecule has 0 radical (unpaired) electrons. The van der Waals surface area contributed by atoms with E-state index in [0.29, 0.717) is 11.4 Å². The summed E-state index contributed by atoms with van der Waals surface area (Å²) in [5, 5.41) is 1.62. The highest BCUT2D eigenvalue weighted by molar-refractivity contribution is 8.76. The highest BCUT2D eigenvalue weighted by Crippen LogP contribution is 2.36. The van der Waals surface area contributed by atoms with Crippen LogP contribution in [0.5, 0.6) is 0 Å². The Morgan fingerprint density at radius 1 is 0.656 bits per heavy atom. The zero-order chi connectivity index (χ0) is 23.0. The first kappa shape index (κ1) is 26.7. The van der Waals surface area contributed by atoms with Gasteiger partial charge in [-0.15, -0.1) is 0 Å². The Balaban J connectivity index is 1.91. The molecule has 6 nitrogen and oxygen atoms in total. The van der Waals surface area contributed by atoms with Gasteiger partial charge in [-0.1, -0.05) is 78.1 Å². The second-order valence-corrected chi connectivity index (χ2v) is 10.3. The minimum atomic E-state index is 0.461. The van der Waals surface area contributed by atoms with Gasteiger partial charge in [0, 0.05) is 25.5 Å². The standard InChI is InChI=1S/C24H38N4O2S2/c1-3-5-7-9-11-13-15-27-17-21(19-29)25-23(27)31-32-24-26-22(20-30)18-28(24)16-14-12-10-8-6-4-2/h17-20H,3-16H2,1-2H3. The number of aromatic nitrogens is 4. The maximum atomic E-state index is 11.3. The molecule has 32 heavy (non-hydrogen) atoms. The molecule has 0 aliphatic carbocycles. The molecule has 2 heterocycles. The van der Waals surface area contributed by atoms with E-state index in [-0.39, 0.29) is 0 Å². The van der Waals surface area contributed by atoms with E-state index in [0.717, 1.165) is 48.8 Å². The minimum Gasteiger partial charge on any atom is -0.325 e. The number of nitrogens with zero attached hydrogens (tertiary/aromatic N) is 4. The van der Waals surface area contributed by atoms with Crippen molar-refractivity contribution in [2.24, 2.45) is 0 Å². The van der Waals surface area contributed by atoms with Crippen molar-refractivity contribution in [1.82, 2.24) is 19.1 Å². The highest BCUT2D eigenvalue weighted by Gasteiger charge is 2.13. The third kappa shape index (κ3) is 9.53. The maximum absolute atomic E-state index is 11.3. The number of rotatable bonds is 19. The van der Waals surface area contributed by atoms with E-state index < -0.39 is 0 Å². The number of hydrogen-bond donors (Lipinski definition) is 0. The van der Waals surface area contributed by atoms with Crippen molar-refractivity contribution in [2.45, 2.75) is 114 Å². The van der Waals surface area contributed by atoms with Crippen LogP contribution in [0.2, 0.25) is 0 Å². The van der Waals surface area contributed by atoms with Crippen molar-refractivity contribution in [2.75, 3.05) is 0 Å². The van der Waals surface area contributed by atoms with Gasteiger partial charge in [-0.25, -0.2) is 9.97 Å². The molecule has 2 aromatic heterocycles. The van der Waals surface area contributed by atoms with Gasteiger partial charge in [0.1, 0.15) is 11.4 Å². The number of hydrogen-bond acceptors (Lipinski definition) is 6. The molecule has 0 atom stereocenters. The summed E-state index contributed by atoms with van der Waals surface area (Å²) < 4.78 is 4.14. The maximum Gasteiger partial charge on any atom is 0.179 e. The zero-order valence-corrected chi connectivity index (χ0v) is 21.3. The van der Waals surface area contributed by atoms with Gasteiger partial charge in [-0.3, -0.25) is 9.59 Å². The highest BCUT2D eigenvalue weighted by atomic mass is 33.1. The zero-order valence-electron chi connectivity index (χ0n) is 19.6. The second-order valence-electron chi connectivity index (χ2n) is 8.22. The fraction of sp³-hybridized carbons (Fsp3) is 0.667. The van der Waals surface area contributed by atoms with Gasteiger partial charge >= 0.3 is 0 Å². The van der Waals surface area contributed by atoms with Crippen LogP contribution in [-0.2, 0) is 13.1 Å². The number of carbonyl (C=O) groups is 2. The molecule has 0 aliphatic heterocycles. The quantitative estimate of drug-likeness (QED) is 0.121. The summed E-state index contributed by atoms with van der Waals surface area (Å²) in [5.41, 5.74) is 0.922. The molecule has 0 saturated carbocycles. The first-order valence-electron chi connectivity index (χ1n) is 12.1. The molecule has 0 aliphatic rings. The van der Waals surface area contributed by atoms with Crippen LogP contribution in [0, 0.1) is 0 Å². The van der Waals surface area contributed by atoms with Crippen LogP contribution < -0.4 is 0 Å². The smallest absolute Gasteiger partial charge is 0.179 e. The Kier molecular flexibility index (Phi) is 13.5. The summed E-state index contributed by atoms with van der Waals surface area (Å²) in [7, 11) is 3.01. The fourth-order valence-electron chi connectivity index (χ4n) is 3.60. The van der Waals surface area contributed by atoms with Gasteiger partial charge < -0.3 is 9.13 Å². The molecule has 2 aromatic rings. The molecule has 0 saturated heterocycles. The van der Waals surface area contributed by atoms with E-state index in [1.807, 2.05) is 12.4 Å². The summed E-state index contributed by atoms with van der Waals surface area (Å²) in [6, 6.07) is 0. The van der Waals surface area contributed by atoms with Crippen LogP contribution in [-0.4, -0.2) is 31.7 Å². The van der Waals surface area contributed by atoms with Crippen molar-refractivity contribution < 1.29 is 9.59 Å². The van der Waals surface area contributed by atoms with Crippen LogP contribution in [0.4, 0.5) is 0 Å². The Labute approximate surface area is 200 Å². The Hall–Kier alpha value is -1.54. The average molecular weight is 479 g/mol. The van der Waals surface area contributed by atoms with Gasteiger partial charge in [0.25, 0.3) is 0 Å². The molecule has 0 aromatic carbocycles. The lowest BCUT2D eigenvalue weighted by Gasteiger charge is -2.08. The molecule has 0 spiro atoms. The first-order chi connectivity index (χ1) is 15.7. The Bertz CT molecular complexity index is 738. The molecule has 2 rings (SSSR count). The predicted molar refractivity (Wildman–Crippen MR) is 134 cm³/mol. The van der Waals surface area contributed by atoms with E-state index >= 15 is 0 Å². The molecule has 178 valence electrons. The van der Waals surface area contributed by atoms with Crippen LogP contribution in [0.15, 0.2) is 22.7 Å². The van der Waals surface area contributed by atoms with E-state index in [9.17, 15) is 9.59 Å². The van der Waals surface area contributed by atoms with E-state index in [1.54, 1.807) is 0 Å². The van der Waals surface area contributed by atoms with Crippen LogP contribution in [0.1, 0.15) is 112 Å². The third-order valence-corrected chi connectivity index (χ3v) is 7.63. The monoisotopic (exact) mass is 478 g/mol. The molecule has 0 amide bonds. The summed E-state index contributed by atoms with van der Waals surface area (Å²) in [6.45, 7) is 6.18. The van der Waals surface area contributed by atoms with Crippen LogP contribution in [0.25, 0.3) is 0 Å². The third-order valence-electron chi connectivity index (χ3n) is 5.45. The fourth-order valence-corrected chi connectivity index (χ4v) is 5.76. The lowest BCUT2D eigenvalue weighted by Crippen LogP contribution is -2.00. The average Bonchev–Trinajstić information content (AvgIpc) is 3.40. The summed E-state index contributed by atoms with van der Waals surface area (Å²) in [5.74, 6) is 0. The van der Waals surface area contributed by atoms with Gasteiger partial charge in [0.15, 0.2) is 22.9 Å².